The van der Waals surface area contributed by atoms with E-state index < -0.39 is 0 Å². The van der Waals surface area contributed by atoms with E-state index in [1.165, 1.54) is 5.56 Å². The van der Waals surface area contributed by atoms with E-state index >= 15 is 0 Å². The zero-order valence-electron chi connectivity index (χ0n) is 11.7. The van der Waals surface area contributed by atoms with Gasteiger partial charge in [0.25, 0.3) is 5.91 Å². The molecule has 0 spiro atoms. The van der Waals surface area contributed by atoms with Gasteiger partial charge >= 0.3 is 0 Å². The smallest absolute Gasteiger partial charge is 0.251 e. The van der Waals surface area contributed by atoms with Gasteiger partial charge in [-0.2, -0.15) is 11.3 Å². The Balaban J connectivity index is 2.02. The monoisotopic (exact) mass is 289 g/mol. The van der Waals surface area contributed by atoms with Gasteiger partial charge in [0.2, 0.25) is 0 Å². The van der Waals surface area contributed by atoms with Crippen LogP contribution >= 0.6 is 11.3 Å². The molecule has 0 aliphatic heterocycles. The molecular formula is C15H19N3OS. The third kappa shape index (κ3) is 3.81. The molecule has 4 nitrogen and oxygen atoms in total. The van der Waals surface area contributed by atoms with Gasteiger partial charge in [0.15, 0.2) is 0 Å². The van der Waals surface area contributed by atoms with Crippen molar-refractivity contribution in [2.24, 2.45) is 0 Å². The maximum Gasteiger partial charge on any atom is 0.251 e. The summed E-state index contributed by atoms with van der Waals surface area (Å²) in [5.41, 5.74) is 8.37. The van der Waals surface area contributed by atoms with Crippen molar-refractivity contribution < 1.29 is 4.79 Å². The SMILES string of the molecule is CCc1cc(C(=O)NC(C)Cc2ccsc2)cc(N)n1. The zero-order valence-corrected chi connectivity index (χ0v) is 12.5. The Hall–Kier alpha value is -1.88. The van der Waals surface area contributed by atoms with Crippen molar-refractivity contribution >= 4 is 23.1 Å². The molecule has 1 atom stereocenters. The van der Waals surface area contributed by atoms with Crippen molar-refractivity contribution in [3.8, 4) is 0 Å². The quantitative estimate of drug-likeness (QED) is 0.889. The fraction of sp³-hybridized carbons (Fsp3) is 0.333. The number of hydrogen-bond donors (Lipinski definition) is 2. The van der Waals surface area contributed by atoms with Gasteiger partial charge in [0.05, 0.1) is 0 Å². The van der Waals surface area contributed by atoms with Crippen LogP contribution in [0.1, 0.15) is 35.5 Å². The number of amides is 1. The van der Waals surface area contributed by atoms with E-state index in [-0.39, 0.29) is 11.9 Å². The molecule has 5 heteroatoms. The first-order valence-electron chi connectivity index (χ1n) is 6.67. The molecule has 0 radical (unpaired) electrons. The second kappa shape index (κ2) is 6.52. The van der Waals surface area contributed by atoms with Crippen LogP contribution in [0, 0.1) is 0 Å². The molecule has 0 aliphatic carbocycles. The van der Waals surface area contributed by atoms with Crippen LogP contribution in [-0.2, 0) is 12.8 Å². The molecule has 0 fully saturated rings. The van der Waals surface area contributed by atoms with Crippen molar-refractivity contribution in [2.75, 3.05) is 5.73 Å². The number of aryl methyl sites for hydroxylation is 1. The summed E-state index contributed by atoms with van der Waals surface area (Å²) >= 11 is 1.67. The van der Waals surface area contributed by atoms with Crippen LogP contribution in [-0.4, -0.2) is 16.9 Å². The van der Waals surface area contributed by atoms with E-state index in [1.807, 2.05) is 19.2 Å². The van der Waals surface area contributed by atoms with Crippen molar-refractivity contribution in [1.29, 1.82) is 0 Å². The Morgan fingerprint density at radius 1 is 1.50 bits per heavy atom. The van der Waals surface area contributed by atoms with Crippen molar-refractivity contribution in [3.05, 3.63) is 45.8 Å². The third-order valence-electron chi connectivity index (χ3n) is 3.02. The lowest BCUT2D eigenvalue weighted by Gasteiger charge is -2.14. The summed E-state index contributed by atoms with van der Waals surface area (Å²) in [5, 5.41) is 7.14. The minimum absolute atomic E-state index is 0.0802. The number of nitrogens with zero attached hydrogens (tertiary/aromatic N) is 1. The normalized spacial score (nSPS) is 12.1. The Morgan fingerprint density at radius 3 is 2.95 bits per heavy atom. The topological polar surface area (TPSA) is 68.0 Å². The molecule has 1 amide bonds. The molecule has 2 heterocycles. The minimum atomic E-state index is -0.100. The summed E-state index contributed by atoms with van der Waals surface area (Å²) in [6, 6.07) is 5.57. The van der Waals surface area contributed by atoms with E-state index in [0.29, 0.717) is 11.4 Å². The largest absolute Gasteiger partial charge is 0.384 e. The summed E-state index contributed by atoms with van der Waals surface area (Å²) in [5.74, 6) is 0.288. The highest BCUT2D eigenvalue weighted by Gasteiger charge is 2.12. The number of aromatic nitrogens is 1. The standard InChI is InChI=1S/C15H19N3OS/c1-3-13-7-12(8-14(16)18-13)15(19)17-10(2)6-11-4-5-20-9-11/h4-5,7-10H,3,6H2,1-2H3,(H2,16,18)(H,17,19). The molecule has 2 aromatic heterocycles. The van der Waals surface area contributed by atoms with Gasteiger partial charge in [-0.25, -0.2) is 4.98 Å². The van der Waals surface area contributed by atoms with Crippen molar-refractivity contribution in [1.82, 2.24) is 10.3 Å². The number of thiophene rings is 1. The van der Waals surface area contributed by atoms with Crippen molar-refractivity contribution in [2.45, 2.75) is 32.7 Å². The predicted octanol–water partition coefficient (Wildman–Crippen LogP) is 2.65. The van der Waals surface area contributed by atoms with Gasteiger partial charge in [0, 0.05) is 17.3 Å². The van der Waals surface area contributed by atoms with Crippen LogP contribution in [0.3, 0.4) is 0 Å². The number of anilines is 1. The first-order chi connectivity index (χ1) is 9.58. The molecule has 0 saturated heterocycles. The molecule has 0 bridgehead atoms. The fourth-order valence-corrected chi connectivity index (χ4v) is 2.73. The fourth-order valence-electron chi connectivity index (χ4n) is 2.04. The van der Waals surface area contributed by atoms with Gasteiger partial charge in [0.1, 0.15) is 5.82 Å². The number of carbonyl (C=O) groups is 1. The maximum absolute atomic E-state index is 12.2. The molecule has 106 valence electrons. The highest BCUT2D eigenvalue weighted by Crippen LogP contribution is 2.11. The lowest BCUT2D eigenvalue weighted by molar-refractivity contribution is 0.0940. The number of nitrogens with one attached hydrogen (secondary N) is 1. The van der Waals surface area contributed by atoms with Gasteiger partial charge in [-0.1, -0.05) is 6.92 Å². The van der Waals surface area contributed by atoms with Crippen LogP contribution in [0.2, 0.25) is 0 Å². The first-order valence-corrected chi connectivity index (χ1v) is 7.61. The second-order valence-corrected chi connectivity index (χ2v) is 5.62. The molecule has 2 rings (SSSR count). The molecule has 3 N–H and O–H groups in total. The van der Waals surface area contributed by atoms with E-state index in [4.69, 9.17) is 5.73 Å². The van der Waals surface area contributed by atoms with Gasteiger partial charge in [-0.05, 0) is 54.3 Å². The number of nitrogen functional groups attached to an aromatic ring is 1. The zero-order chi connectivity index (χ0) is 14.5. The Morgan fingerprint density at radius 2 is 2.30 bits per heavy atom. The average molecular weight is 289 g/mol. The van der Waals surface area contributed by atoms with Crippen LogP contribution in [0.4, 0.5) is 5.82 Å². The van der Waals surface area contributed by atoms with Gasteiger partial charge in [-0.3, -0.25) is 4.79 Å². The lowest BCUT2D eigenvalue weighted by atomic mass is 10.1. The minimum Gasteiger partial charge on any atom is -0.384 e. The van der Waals surface area contributed by atoms with Crippen LogP contribution < -0.4 is 11.1 Å². The van der Waals surface area contributed by atoms with Crippen LogP contribution in [0.15, 0.2) is 29.0 Å². The first kappa shape index (κ1) is 14.5. The summed E-state index contributed by atoms with van der Waals surface area (Å²) in [6.45, 7) is 3.99. The molecule has 0 aliphatic rings. The number of carbonyl (C=O) groups excluding carboxylic acids is 1. The lowest BCUT2D eigenvalue weighted by Crippen LogP contribution is -2.34. The van der Waals surface area contributed by atoms with Gasteiger partial charge < -0.3 is 11.1 Å². The van der Waals surface area contributed by atoms with Crippen LogP contribution in [0.25, 0.3) is 0 Å². The number of pyridine rings is 1. The number of nitrogens with two attached hydrogens (primary N) is 1. The van der Waals surface area contributed by atoms with Gasteiger partial charge in [-0.15, -0.1) is 0 Å². The average Bonchev–Trinajstić information content (AvgIpc) is 2.90. The summed E-state index contributed by atoms with van der Waals surface area (Å²) in [6.07, 6.45) is 1.59. The second-order valence-electron chi connectivity index (χ2n) is 4.84. The summed E-state index contributed by atoms with van der Waals surface area (Å²) in [4.78, 5) is 16.4. The maximum atomic E-state index is 12.2. The summed E-state index contributed by atoms with van der Waals surface area (Å²) in [7, 11) is 0. The number of rotatable bonds is 5. The molecule has 0 saturated carbocycles. The van der Waals surface area contributed by atoms with Crippen LogP contribution in [0.5, 0.6) is 0 Å². The highest BCUT2D eigenvalue weighted by molar-refractivity contribution is 7.07. The van der Waals surface area contributed by atoms with Crippen molar-refractivity contribution in [3.63, 3.8) is 0 Å². The molecular weight excluding hydrogens is 270 g/mol. The molecule has 1 unspecified atom stereocenters. The Kier molecular flexibility index (Phi) is 4.74. The molecule has 2 aromatic rings. The van der Waals surface area contributed by atoms with E-state index in [1.54, 1.807) is 23.5 Å². The Bertz CT molecular complexity index is 581. The highest BCUT2D eigenvalue weighted by atomic mass is 32.1. The van der Waals surface area contributed by atoms with E-state index in [2.05, 4.69) is 21.7 Å². The predicted molar refractivity (Wildman–Crippen MR) is 83.0 cm³/mol. The Labute approximate surface area is 123 Å². The summed E-state index contributed by atoms with van der Waals surface area (Å²) < 4.78 is 0. The molecule has 0 aromatic carbocycles. The number of hydrogen-bond acceptors (Lipinski definition) is 4. The molecule has 20 heavy (non-hydrogen) atoms. The third-order valence-corrected chi connectivity index (χ3v) is 3.75. The van der Waals surface area contributed by atoms with E-state index in [9.17, 15) is 4.79 Å². The van der Waals surface area contributed by atoms with E-state index in [0.717, 1.165) is 18.5 Å².